The van der Waals surface area contributed by atoms with E-state index < -0.39 is 0 Å². The molecule has 3 heteroatoms. The number of rotatable bonds is 7. The first-order valence-electron chi connectivity index (χ1n) is 5.19. The highest BCUT2D eigenvalue weighted by molar-refractivity contribution is 5.07. The lowest BCUT2D eigenvalue weighted by atomic mass is 10.1. The van der Waals surface area contributed by atoms with Crippen molar-refractivity contribution in [3.8, 4) is 0 Å². The number of furan rings is 1. The smallest absolute Gasteiger partial charge is 0.0935 e. The van der Waals surface area contributed by atoms with Crippen LogP contribution in [0.2, 0.25) is 0 Å². The third-order valence-electron chi connectivity index (χ3n) is 2.08. The fraction of sp³-hybridized carbons (Fsp3) is 0.636. The van der Waals surface area contributed by atoms with E-state index >= 15 is 0 Å². The Bertz CT molecular complexity index is 221. The van der Waals surface area contributed by atoms with Gasteiger partial charge >= 0.3 is 0 Å². The van der Waals surface area contributed by atoms with Crippen LogP contribution >= 0.6 is 0 Å². The van der Waals surface area contributed by atoms with E-state index in [9.17, 15) is 0 Å². The Hall–Kier alpha value is -0.800. The number of likely N-dealkylation sites (N-methyl/N-ethyl adjacent to an activating group) is 1. The van der Waals surface area contributed by atoms with Gasteiger partial charge in [-0.25, -0.2) is 0 Å². The number of ether oxygens (including phenoxy) is 1. The normalized spacial score (nSPS) is 13.0. The Morgan fingerprint density at radius 2 is 2.36 bits per heavy atom. The molecule has 0 spiro atoms. The third kappa shape index (κ3) is 3.94. The zero-order valence-corrected chi connectivity index (χ0v) is 8.95. The molecule has 0 saturated heterocycles. The van der Waals surface area contributed by atoms with Crippen LogP contribution in [-0.2, 0) is 11.2 Å². The largest absolute Gasteiger partial charge is 0.472 e. The minimum absolute atomic E-state index is 0.387. The SMILES string of the molecule is CCNC(COCC)Cc1ccoc1. The average molecular weight is 197 g/mol. The second-order valence-corrected chi connectivity index (χ2v) is 3.25. The van der Waals surface area contributed by atoms with Crippen LogP contribution in [0.3, 0.4) is 0 Å². The van der Waals surface area contributed by atoms with E-state index in [4.69, 9.17) is 9.15 Å². The molecule has 1 heterocycles. The minimum Gasteiger partial charge on any atom is -0.472 e. The Kier molecular flexibility index (Phi) is 5.33. The standard InChI is InChI=1S/C11H19NO2/c1-3-12-11(9-13-4-2)7-10-5-6-14-8-10/h5-6,8,11-12H,3-4,7,9H2,1-2H3. The van der Waals surface area contributed by atoms with Crippen LogP contribution in [0.25, 0.3) is 0 Å². The van der Waals surface area contributed by atoms with Crippen molar-refractivity contribution in [2.75, 3.05) is 19.8 Å². The van der Waals surface area contributed by atoms with Gasteiger partial charge in [-0.2, -0.15) is 0 Å². The summed E-state index contributed by atoms with van der Waals surface area (Å²) in [6.45, 7) is 6.62. The summed E-state index contributed by atoms with van der Waals surface area (Å²) >= 11 is 0. The molecule has 0 bridgehead atoms. The summed E-state index contributed by atoms with van der Waals surface area (Å²) in [6.07, 6.45) is 4.46. The molecule has 0 saturated carbocycles. The van der Waals surface area contributed by atoms with Crippen molar-refractivity contribution in [2.24, 2.45) is 0 Å². The molecule has 0 aliphatic carbocycles. The van der Waals surface area contributed by atoms with Crippen molar-refractivity contribution in [2.45, 2.75) is 26.3 Å². The highest BCUT2D eigenvalue weighted by Gasteiger charge is 2.08. The molecule has 0 aliphatic rings. The van der Waals surface area contributed by atoms with Gasteiger partial charge in [0, 0.05) is 12.6 Å². The van der Waals surface area contributed by atoms with Gasteiger partial charge in [0.1, 0.15) is 0 Å². The molecule has 1 atom stereocenters. The molecule has 80 valence electrons. The van der Waals surface area contributed by atoms with Gasteiger partial charge in [0.05, 0.1) is 19.1 Å². The zero-order valence-electron chi connectivity index (χ0n) is 8.95. The van der Waals surface area contributed by atoms with E-state index in [2.05, 4.69) is 12.2 Å². The lowest BCUT2D eigenvalue weighted by Crippen LogP contribution is -2.35. The predicted octanol–water partition coefficient (Wildman–Crippen LogP) is 1.84. The van der Waals surface area contributed by atoms with Crippen molar-refractivity contribution in [1.29, 1.82) is 0 Å². The fourth-order valence-electron chi connectivity index (χ4n) is 1.43. The first-order chi connectivity index (χ1) is 6.86. The second kappa shape index (κ2) is 6.62. The van der Waals surface area contributed by atoms with Crippen LogP contribution in [0.15, 0.2) is 23.0 Å². The van der Waals surface area contributed by atoms with Gasteiger partial charge in [0.2, 0.25) is 0 Å². The monoisotopic (exact) mass is 197 g/mol. The number of hydrogen-bond donors (Lipinski definition) is 1. The van der Waals surface area contributed by atoms with Gasteiger partial charge in [-0.3, -0.25) is 0 Å². The van der Waals surface area contributed by atoms with Crippen molar-refractivity contribution >= 4 is 0 Å². The Labute approximate surface area is 85.4 Å². The van der Waals surface area contributed by atoms with Gasteiger partial charge in [-0.05, 0) is 31.5 Å². The molecule has 1 aromatic rings. The molecule has 1 aromatic heterocycles. The predicted molar refractivity (Wildman–Crippen MR) is 56.4 cm³/mol. The highest BCUT2D eigenvalue weighted by Crippen LogP contribution is 2.04. The van der Waals surface area contributed by atoms with Gasteiger partial charge in [-0.15, -0.1) is 0 Å². The van der Waals surface area contributed by atoms with E-state index in [1.54, 1.807) is 12.5 Å². The maximum atomic E-state index is 5.40. The van der Waals surface area contributed by atoms with Crippen LogP contribution < -0.4 is 5.32 Å². The van der Waals surface area contributed by atoms with E-state index in [-0.39, 0.29) is 0 Å². The molecule has 0 aliphatic heterocycles. The first kappa shape index (κ1) is 11.3. The minimum atomic E-state index is 0.387. The van der Waals surface area contributed by atoms with E-state index in [0.717, 1.165) is 26.2 Å². The summed E-state index contributed by atoms with van der Waals surface area (Å²) in [5, 5.41) is 3.39. The van der Waals surface area contributed by atoms with Gasteiger partial charge in [-0.1, -0.05) is 6.92 Å². The molecule has 3 nitrogen and oxygen atoms in total. The van der Waals surface area contributed by atoms with E-state index in [1.807, 2.05) is 13.0 Å². The van der Waals surface area contributed by atoms with Crippen LogP contribution in [0, 0.1) is 0 Å². The molecule has 1 rings (SSSR count). The Morgan fingerprint density at radius 1 is 1.50 bits per heavy atom. The van der Waals surface area contributed by atoms with Gasteiger partial charge in [0.15, 0.2) is 0 Å². The van der Waals surface area contributed by atoms with E-state index in [1.165, 1.54) is 5.56 Å². The Balaban J connectivity index is 2.34. The molecule has 1 N–H and O–H groups in total. The molecule has 1 unspecified atom stereocenters. The summed E-state index contributed by atoms with van der Waals surface area (Å²) in [4.78, 5) is 0. The summed E-state index contributed by atoms with van der Waals surface area (Å²) < 4.78 is 10.4. The number of hydrogen-bond acceptors (Lipinski definition) is 3. The lowest BCUT2D eigenvalue weighted by Gasteiger charge is -2.16. The molecule has 0 fully saturated rings. The topological polar surface area (TPSA) is 34.4 Å². The van der Waals surface area contributed by atoms with Crippen LogP contribution in [0.5, 0.6) is 0 Å². The summed E-state index contributed by atoms with van der Waals surface area (Å²) in [6, 6.07) is 2.38. The van der Waals surface area contributed by atoms with Gasteiger partial charge < -0.3 is 14.5 Å². The van der Waals surface area contributed by atoms with Crippen molar-refractivity contribution in [1.82, 2.24) is 5.32 Å². The quantitative estimate of drug-likeness (QED) is 0.724. The van der Waals surface area contributed by atoms with Crippen molar-refractivity contribution in [3.63, 3.8) is 0 Å². The van der Waals surface area contributed by atoms with E-state index in [0.29, 0.717) is 6.04 Å². The third-order valence-corrected chi connectivity index (χ3v) is 2.08. The second-order valence-electron chi connectivity index (χ2n) is 3.25. The molecular weight excluding hydrogens is 178 g/mol. The molecular formula is C11H19NO2. The van der Waals surface area contributed by atoms with Crippen LogP contribution in [0.4, 0.5) is 0 Å². The zero-order chi connectivity index (χ0) is 10.2. The number of nitrogens with one attached hydrogen (secondary N) is 1. The summed E-state index contributed by atoms with van der Waals surface area (Å²) in [7, 11) is 0. The lowest BCUT2D eigenvalue weighted by molar-refractivity contribution is 0.123. The maximum Gasteiger partial charge on any atom is 0.0935 e. The van der Waals surface area contributed by atoms with Crippen LogP contribution in [0.1, 0.15) is 19.4 Å². The molecule has 14 heavy (non-hydrogen) atoms. The molecule has 0 amide bonds. The average Bonchev–Trinajstić information content (AvgIpc) is 2.67. The van der Waals surface area contributed by atoms with Gasteiger partial charge in [0.25, 0.3) is 0 Å². The van der Waals surface area contributed by atoms with Crippen molar-refractivity contribution < 1.29 is 9.15 Å². The van der Waals surface area contributed by atoms with Crippen LogP contribution in [-0.4, -0.2) is 25.8 Å². The summed E-state index contributed by atoms with van der Waals surface area (Å²) in [5.74, 6) is 0. The highest BCUT2D eigenvalue weighted by atomic mass is 16.5. The van der Waals surface area contributed by atoms with Crippen molar-refractivity contribution in [3.05, 3.63) is 24.2 Å². The summed E-state index contributed by atoms with van der Waals surface area (Å²) in [5.41, 5.74) is 1.22. The maximum absolute atomic E-state index is 5.40. The molecule has 0 aromatic carbocycles. The first-order valence-corrected chi connectivity index (χ1v) is 5.19. The molecule has 0 radical (unpaired) electrons. The fourth-order valence-corrected chi connectivity index (χ4v) is 1.43. The Morgan fingerprint density at radius 3 is 2.93 bits per heavy atom.